The quantitative estimate of drug-likeness (QED) is 0.845. The van der Waals surface area contributed by atoms with Gasteiger partial charge in [-0.3, -0.25) is 4.90 Å². The van der Waals surface area contributed by atoms with Crippen molar-refractivity contribution in [1.29, 1.82) is 0 Å². The molecule has 1 aliphatic carbocycles. The van der Waals surface area contributed by atoms with Gasteiger partial charge in [0.15, 0.2) is 0 Å². The fourth-order valence-electron chi connectivity index (χ4n) is 3.60. The molecular weight excluding hydrogens is 240 g/mol. The summed E-state index contributed by atoms with van der Waals surface area (Å²) in [5, 5.41) is 4.64. The van der Waals surface area contributed by atoms with Crippen molar-refractivity contribution in [3.63, 3.8) is 0 Å². The second kappa shape index (κ2) is 6.62. The van der Waals surface area contributed by atoms with Gasteiger partial charge in [-0.15, -0.1) is 0 Å². The van der Waals surface area contributed by atoms with Crippen LogP contribution >= 0.6 is 11.8 Å². The molecule has 3 heteroatoms. The van der Waals surface area contributed by atoms with Crippen LogP contribution in [-0.4, -0.2) is 47.6 Å². The van der Waals surface area contributed by atoms with Crippen LogP contribution in [0.15, 0.2) is 0 Å². The third kappa shape index (κ3) is 3.05. The molecule has 2 rings (SSSR count). The summed E-state index contributed by atoms with van der Waals surface area (Å²) in [5.74, 6) is 0.800. The summed E-state index contributed by atoms with van der Waals surface area (Å²) in [5.41, 5.74) is 0. The smallest absolute Gasteiger partial charge is 0.0221 e. The normalized spacial score (nSPS) is 40.0. The Balaban J connectivity index is 2.00. The van der Waals surface area contributed by atoms with E-state index < -0.39 is 0 Å². The van der Waals surface area contributed by atoms with Crippen LogP contribution in [0.3, 0.4) is 0 Å². The minimum absolute atomic E-state index is 0.703. The predicted octanol–water partition coefficient (Wildman–Crippen LogP) is 2.98. The van der Waals surface area contributed by atoms with E-state index in [1.165, 1.54) is 38.8 Å². The molecule has 0 bridgehead atoms. The molecule has 1 aliphatic heterocycles. The predicted molar refractivity (Wildman–Crippen MR) is 82.4 cm³/mol. The number of thioether (sulfide) groups is 1. The van der Waals surface area contributed by atoms with Gasteiger partial charge in [-0.2, -0.15) is 11.8 Å². The minimum atomic E-state index is 0.703. The third-order valence-electron chi connectivity index (χ3n) is 5.13. The van der Waals surface area contributed by atoms with Crippen LogP contribution in [0.4, 0.5) is 0 Å². The van der Waals surface area contributed by atoms with Gasteiger partial charge in [0.05, 0.1) is 0 Å². The monoisotopic (exact) mass is 270 g/mol. The molecule has 0 aromatic carbocycles. The first-order chi connectivity index (χ1) is 8.67. The van der Waals surface area contributed by atoms with Crippen LogP contribution in [0.1, 0.15) is 46.5 Å². The highest BCUT2D eigenvalue weighted by molar-refractivity contribution is 7.99. The summed E-state index contributed by atoms with van der Waals surface area (Å²) < 4.78 is 0. The summed E-state index contributed by atoms with van der Waals surface area (Å²) in [6, 6.07) is 2.25. The second-order valence-electron chi connectivity index (χ2n) is 6.22. The average Bonchev–Trinajstić information content (AvgIpc) is 2.86. The zero-order chi connectivity index (χ0) is 13.1. The van der Waals surface area contributed by atoms with E-state index in [9.17, 15) is 0 Å². The van der Waals surface area contributed by atoms with E-state index in [1.54, 1.807) is 0 Å². The molecule has 1 N–H and O–H groups in total. The van der Waals surface area contributed by atoms with Gasteiger partial charge in [-0.1, -0.05) is 26.7 Å². The lowest BCUT2D eigenvalue weighted by Gasteiger charge is -2.45. The molecule has 0 spiro atoms. The first-order valence-corrected chi connectivity index (χ1v) is 8.98. The lowest BCUT2D eigenvalue weighted by molar-refractivity contribution is 0.0793. The Morgan fingerprint density at radius 3 is 2.83 bits per heavy atom. The van der Waals surface area contributed by atoms with Gasteiger partial charge in [-0.05, 0) is 31.9 Å². The largest absolute Gasteiger partial charge is 0.311 e. The first-order valence-electron chi connectivity index (χ1n) is 7.69. The highest BCUT2D eigenvalue weighted by Crippen LogP contribution is 2.34. The fraction of sp³-hybridized carbons (Fsp3) is 1.00. The molecular formula is C15H30N2S. The third-order valence-corrected chi connectivity index (χ3v) is 6.28. The summed E-state index contributed by atoms with van der Waals surface area (Å²) in [7, 11) is 0. The van der Waals surface area contributed by atoms with Crippen LogP contribution in [-0.2, 0) is 0 Å². The Labute approximate surface area is 117 Å². The highest BCUT2D eigenvalue weighted by atomic mass is 32.2. The molecule has 2 fully saturated rings. The summed E-state index contributed by atoms with van der Waals surface area (Å²) in [4.78, 5) is 2.82. The van der Waals surface area contributed by atoms with E-state index in [0.717, 1.165) is 17.2 Å². The summed E-state index contributed by atoms with van der Waals surface area (Å²) >= 11 is 2.09. The zero-order valence-corrected chi connectivity index (χ0v) is 13.3. The Bertz CT molecular complexity index is 259. The van der Waals surface area contributed by atoms with Gasteiger partial charge >= 0.3 is 0 Å². The van der Waals surface area contributed by atoms with Gasteiger partial charge in [0.2, 0.25) is 0 Å². The highest BCUT2D eigenvalue weighted by Gasteiger charge is 2.37. The van der Waals surface area contributed by atoms with Crippen molar-refractivity contribution >= 4 is 11.8 Å². The van der Waals surface area contributed by atoms with E-state index in [-0.39, 0.29) is 0 Å². The molecule has 0 amide bonds. The van der Waals surface area contributed by atoms with Crippen LogP contribution in [0.2, 0.25) is 0 Å². The lowest BCUT2D eigenvalue weighted by atomic mass is 9.94. The topological polar surface area (TPSA) is 15.3 Å². The van der Waals surface area contributed by atoms with E-state index in [0.29, 0.717) is 12.1 Å². The molecule has 2 aliphatic rings. The van der Waals surface area contributed by atoms with E-state index in [2.05, 4.69) is 49.0 Å². The number of nitrogens with one attached hydrogen (secondary N) is 1. The van der Waals surface area contributed by atoms with Crippen molar-refractivity contribution in [2.24, 2.45) is 5.92 Å². The maximum Gasteiger partial charge on any atom is 0.0221 e. The van der Waals surface area contributed by atoms with Crippen molar-refractivity contribution in [1.82, 2.24) is 10.2 Å². The first kappa shape index (κ1) is 14.7. The Kier molecular flexibility index (Phi) is 5.40. The fourth-order valence-corrected chi connectivity index (χ4v) is 4.61. The minimum Gasteiger partial charge on any atom is -0.311 e. The molecule has 106 valence electrons. The van der Waals surface area contributed by atoms with Gasteiger partial charge in [0.25, 0.3) is 0 Å². The van der Waals surface area contributed by atoms with Gasteiger partial charge < -0.3 is 5.32 Å². The molecule has 0 aromatic heterocycles. The Morgan fingerprint density at radius 1 is 1.39 bits per heavy atom. The number of hydrogen-bond acceptors (Lipinski definition) is 3. The van der Waals surface area contributed by atoms with Crippen molar-refractivity contribution in [2.75, 3.05) is 19.3 Å². The standard InChI is InChI=1S/C15H30N2S/c1-5-11(2)13-10-17(12(3)9-16-13)14-7-6-8-15(14)18-4/h11-16H,5-10H2,1-4H3. The van der Waals surface area contributed by atoms with Gasteiger partial charge in [-0.25, -0.2) is 0 Å². The SMILES string of the molecule is CCC(C)C1CN(C2CCCC2SC)C(C)CN1. The average molecular weight is 270 g/mol. The zero-order valence-electron chi connectivity index (χ0n) is 12.5. The Hall–Kier alpha value is 0.270. The maximum absolute atomic E-state index is 3.76. The number of piperazine rings is 1. The lowest BCUT2D eigenvalue weighted by Crippen LogP contribution is -2.61. The summed E-state index contributed by atoms with van der Waals surface area (Å²) in [6.45, 7) is 9.54. The van der Waals surface area contributed by atoms with Crippen LogP contribution in [0.5, 0.6) is 0 Å². The molecule has 18 heavy (non-hydrogen) atoms. The van der Waals surface area contributed by atoms with E-state index in [1.807, 2.05) is 0 Å². The number of hydrogen-bond donors (Lipinski definition) is 1. The molecule has 0 aromatic rings. The van der Waals surface area contributed by atoms with Crippen molar-refractivity contribution in [3.8, 4) is 0 Å². The van der Waals surface area contributed by atoms with Crippen LogP contribution in [0, 0.1) is 5.92 Å². The maximum atomic E-state index is 3.76. The van der Waals surface area contributed by atoms with E-state index in [4.69, 9.17) is 0 Å². The molecule has 0 radical (unpaired) electrons. The second-order valence-corrected chi connectivity index (χ2v) is 7.30. The molecule has 2 nitrogen and oxygen atoms in total. The van der Waals surface area contributed by atoms with Crippen molar-refractivity contribution in [3.05, 3.63) is 0 Å². The molecule has 5 atom stereocenters. The van der Waals surface area contributed by atoms with Gasteiger partial charge in [0, 0.05) is 36.5 Å². The number of rotatable bonds is 4. The molecule has 1 saturated heterocycles. The van der Waals surface area contributed by atoms with Crippen molar-refractivity contribution in [2.45, 2.75) is 69.8 Å². The molecule has 1 heterocycles. The van der Waals surface area contributed by atoms with Crippen molar-refractivity contribution < 1.29 is 0 Å². The Morgan fingerprint density at radius 2 is 2.17 bits per heavy atom. The van der Waals surface area contributed by atoms with Crippen LogP contribution in [0.25, 0.3) is 0 Å². The number of nitrogens with zero attached hydrogens (tertiary/aromatic N) is 1. The molecule has 5 unspecified atom stereocenters. The molecule has 1 saturated carbocycles. The van der Waals surface area contributed by atoms with E-state index >= 15 is 0 Å². The summed E-state index contributed by atoms with van der Waals surface area (Å²) in [6.07, 6.45) is 7.86. The van der Waals surface area contributed by atoms with Gasteiger partial charge in [0.1, 0.15) is 0 Å². The van der Waals surface area contributed by atoms with Crippen LogP contribution < -0.4 is 5.32 Å².